The van der Waals surface area contributed by atoms with Crippen LogP contribution in [0.25, 0.3) is 0 Å². The third-order valence-electron chi connectivity index (χ3n) is 5.45. The van der Waals surface area contributed by atoms with Gasteiger partial charge in [-0.1, -0.05) is 42.3 Å². The second kappa shape index (κ2) is 11.4. The highest BCUT2D eigenvalue weighted by Crippen LogP contribution is 2.34. The van der Waals surface area contributed by atoms with Crippen molar-refractivity contribution in [2.45, 2.75) is 38.0 Å². The number of nitrogens with one attached hydrogen (secondary N) is 2. The van der Waals surface area contributed by atoms with Crippen LogP contribution >= 0.6 is 11.6 Å². The highest BCUT2D eigenvalue weighted by molar-refractivity contribution is 6.31. The molecule has 0 saturated heterocycles. The number of amides is 2. The molecule has 180 valence electrons. The van der Waals surface area contributed by atoms with Gasteiger partial charge in [-0.25, -0.2) is 22.4 Å². The van der Waals surface area contributed by atoms with E-state index in [0.29, 0.717) is 19.4 Å². The van der Waals surface area contributed by atoms with Gasteiger partial charge in [-0.05, 0) is 66.4 Å². The zero-order valence-electron chi connectivity index (χ0n) is 18.6. The Bertz CT molecular complexity index is 1050. The van der Waals surface area contributed by atoms with Gasteiger partial charge in [-0.3, -0.25) is 0 Å². The van der Waals surface area contributed by atoms with Crippen LogP contribution in [0.5, 0.6) is 0 Å². The summed E-state index contributed by atoms with van der Waals surface area (Å²) in [6.07, 6.45) is 2.12. The fourth-order valence-corrected chi connectivity index (χ4v) is 3.99. The molecule has 0 aliphatic rings. The number of alkyl halides is 2. The van der Waals surface area contributed by atoms with Crippen LogP contribution in [-0.4, -0.2) is 12.6 Å². The average molecular weight is 493 g/mol. The second-order valence-corrected chi connectivity index (χ2v) is 8.52. The Hall–Kier alpha value is -3.06. The lowest BCUT2D eigenvalue weighted by Crippen LogP contribution is -2.29. The molecular weight excluding hydrogens is 468 g/mol. The van der Waals surface area contributed by atoms with Crippen molar-refractivity contribution in [3.8, 4) is 0 Å². The molecule has 0 fully saturated rings. The van der Waals surface area contributed by atoms with Crippen LogP contribution in [0.2, 0.25) is 5.02 Å². The molecule has 8 heteroatoms. The summed E-state index contributed by atoms with van der Waals surface area (Å²) in [5.74, 6) is -3.82. The molecule has 0 aromatic heterocycles. The number of carbonyl (C=O) groups excluding carboxylic acids is 1. The van der Waals surface area contributed by atoms with Crippen molar-refractivity contribution in [3.05, 3.63) is 100 Å². The van der Waals surface area contributed by atoms with Crippen molar-refractivity contribution in [2.24, 2.45) is 0 Å². The Morgan fingerprint density at radius 1 is 0.912 bits per heavy atom. The van der Waals surface area contributed by atoms with Crippen LogP contribution in [-0.2, 0) is 5.92 Å². The van der Waals surface area contributed by atoms with Crippen LogP contribution in [0, 0.1) is 11.6 Å². The van der Waals surface area contributed by atoms with E-state index in [1.807, 2.05) is 0 Å². The Labute approximate surface area is 201 Å². The van der Waals surface area contributed by atoms with Crippen molar-refractivity contribution >= 4 is 23.3 Å². The standard InChI is InChI=1S/C26H25ClF4N2O/c1-26(30,31)23-16-21(13-14-24(23)27)33-25(34)32-15-3-2-4-22(17-5-9-19(28)10-6-17)18-7-11-20(29)12-8-18/h5-14,16,22H,2-4,15H2,1H3,(H2,32,33,34). The van der Waals surface area contributed by atoms with Gasteiger partial charge in [0, 0.05) is 35.7 Å². The molecule has 2 amide bonds. The van der Waals surface area contributed by atoms with E-state index in [4.69, 9.17) is 11.6 Å². The quantitative estimate of drug-likeness (QED) is 0.232. The molecule has 3 nitrogen and oxygen atoms in total. The highest BCUT2D eigenvalue weighted by Gasteiger charge is 2.27. The van der Waals surface area contributed by atoms with E-state index >= 15 is 0 Å². The van der Waals surface area contributed by atoms with E-state index in [1.165, 1.54) is 36.4 Å². The summed E-state index contributed by atoms with van der Waals surface area (Å²) in [7, 11) is 0. The van der Waals surface area contributed by atoms with Crippen LogP contribution in [0.15, 0.2) is 66.7 Å². The van der Waals surface area contributed by atoms with Gasteiger partial charge in [0.2, 0.25) is 0 Å². The molecule has 0 saturated carbocycles. The first-order valence-electron chi connectivity index (χ1n) is 10.9. The summed E-state index contributed by atoms with van der Waals surface area (Å²) in [4.78, 5) is 12.1. The molecule has 3 aromatic carbocycles. The number of benzene rings is 3. The first-order valence-corrected chi connectivity index (χ1v) is 11.2. The van der Waals surface area contributed by atoms with Crippen molar-refractivity contribution in [1.29, 1.82) is 0 Å². The van der Waals surface area contributed by atoms with E-state index in [1.54, 1.807) is 24.3 Å². The fraction of sp³-hybridized carbons (Fsp3) is 0.269. The summed E-state index contributed by atoms with van der Waals surface area (Å²) in [6, 6.07) is 15.9. The Kier molecular flexibility index (Phi) is 8.56. The minimum atomic E-state index is -3.13. The molecule has 0 atom stereocenters. The van der Waals surface area contributed by atoms with E-state index in [0.717, 1.165) is 30.5 Å². The van der Waals surface area contributed by atoms with E-state index in [2.05, 4.69) is 10.6 Å². The molecule has 0 bridgehead atoms. The highest BCUT2D eigenvalue weighted by atomic mass is 35.5. The van der Waals surface area contributed by atoms with Crippen molar-refractivity contribution < 1.29 is 22.4 Å². The summed E-state index contributed by atoms with van der Waals surface area (Å²) < 4.78 is 53.9. The van der Waals surface area contributed by atoms with Gasteiger partial charge in [-0.15, -0.1) is 0 Å². The predicted molar refractivity (Wildman–Crippen MR) is 127 cm³/mol. The summed E-state index contributed by atoms with van der Waals surface area (Å²) in [6.45, 7) is 1.11. The number of hydrogen-bond donors (Lipinski definition) is 2. The number of urea groups is 1. The lowest BCUT2D eigenvalue weighted by Gasteiger charge is -2.18. The minimum Gasteiger partial charge on any atom is -0.338 e. The van der Waals surface area contributed by atoms with Crippen molar-refractivity contribution in [1.82, 2.24) is 5.32 Å². The lowest BCUT2D eigenvalue weighted by atomic mass is 9.87. The van der Waals surface area contributed by atoms with Gasteiger partial charge in [0.1, 0.15) is 11.6 Å². The summed E-state index contributed by atoms with van der Waals surface area (Å²) >= 11 is 5.82. The largest absolute Gasteiger partial charge is 0.338 e. The number of unbranched alkanes of at least 4 members (excludes halogenated alkanes) is 1. The molecule has 0 heterocycles. The van der Waals surface area contributed by atoms with E-state index < -0.39 is 12.0 Å². The zero-order chi connectivity index (χ0) is 24.7. The van der Waals surface area contributed by atoms with Gasteiger partial charge >= 0.3 is 6.03 Å². The first-order chi connectivity index (χ1) is 16.1. The topological polar surface area (TPSA) is 41.1 Å². The van der Waals surface area contributed by atoms with Gasteiger partial charge < -0.3 is 10.6 Å². The first kappa shape index (κ1) is 25.6. The number of rotatable bonds is 9. The maximum absolute atomic E-state index is 13.6. The Morgan fingerprint density at radius 3 is 2.00 bits per heavy atom. The monoisotopic (exact) mass is 492 g/mol. The third-order valence-corrected chi connectivity index (χ3v) is 5.78. The minimum absolute atomic E-state index is 0.0433. The van der Waals surface area contributed by atoms with Gasteiger partial charge in [0.25, 0.3) is 5.92 Å². The summed E-state index contributed by atoms with van der Waals surface area (Å²) in [5.41, 5.74) is 1.70. The third kappa shape index (κ3) is 7.22. The SMILES string of the molecule is CC(F)(F)c1cc(NC(=O)NCCCCC(c2ccc(F)cc2)c2ccc(F)cc2)ccc1Cl. The van der Waals surface area contributed by atoms with Crippen LogP contribution in [0.3, 0.4) is 0 Å². The lowest BCUT2D eigenvalue weighted by molar-refractivity contribution is 0.0176. The molecular formula is C26H25ClF4N2O. The molecule has 2 N–H and O–H groups in total. The maximum atomic E-state index is 13.6. The molecule has 0 radical (unpaired) electrons. The van der Waals surface area contributed by atoms with Crippen LogP contribution in [0.4, 0.5) is 28.0 Å². The van der Waals surface area contributed by atoms with Crippen LogP contribution < -0.4 is 10.6 Å². The fourth-order valence-electron chi connectivity index (χ4n) is 3.71. The summed E-state index contributed by atoms with van der Waals surface area (Å²) in [5, 5.41) is 5.16. The van der Waals surface area contributed by atoms with Crippen molar-refractivity contribution in [3.63, 3.8) is 0 Å². The Balaban J connectivity index is 1.52. The normalized spacial score (nSPS) is 11.5. The predicted octanol–water partition coefficient (Wildman–Crippen LogP) is 7.85. The van der Waals surface area contributed by atoms with Gasteiger partial charge in [-0.2, -0.15) is 0 Å². The van der Waals surface area contributed by atoms with Gasteiger partial charge in [0.05, 0.1) is 0 Å². The second-order valence-electron chi connectivity index (χ2n) is 8.12. The molecule has 0 unspecified atom stereocenters. The smallest absolute Gasteiger partial charge is 0.319 e. The number of halogens is 5. The number of carbonyl (C=O) groups is 1. The van der Waals surface area contributed by atoms with Crippen LogP contribution in [0.1, 0.15) is 48.8 Å². The maximum Gasteiger partial charge on any atom is 0.319 e. The number of anilines is 1. The van der Waals surface area contributed by atoms with E-state index in [-0.39, 0.29) is 33.8 Å². The molecule has 34 heavy (non-hydrogen) atoms. The van der Waals surface area contributed by atoms with E-state index in [9.17, 15) is 22.4 Å². The van der Waals surface area contributed by atoms with Gasteiger partial charge in [0.15, 0.2) is 0 Å². The molecule has 3 rings (SSSR count). The average Bonchev–Trinajstić information content (AvgIpc) is 2.78. The molecule has 3 aromatic rings. The molecule has 0 aliphatic carbocycles. The Morgan fingerprint density at radius 2 is 1.47 bits per heavy atom. The van der Waals surface area contributed by atoms with Crippen molar-refractivity contribution in [2.75, 3.05) is 11.9 Å². The molecule has 0 aliphatic heterocycles. The zero-order valence-corrected chi connectivity index (χ0v) is 19.3. The number of hydrogen-bond acceptors (Lipinski definition) is 1. The molecule has 0 spiro atoms.